The fourth-order valence-electron chi connectivity index (χ4n) is 3.38. The average molecular weight is 433 g/mol. The summed E-state index contributed by atoms with van der Waals surface area (Å²) >= 11 is 11.8. The summed E-state index contributed by atoms with van der Waals surface area (Å²) in [6, 6.07) is 11.2. The molecule has 0 saturated heterocycles. The lowest BCUT2D eigenvalue weighted by molar-refractivity contribution is 0.0526. The number of fused-ring (bicyclic) bond motifs is 1. The van der Waals surface area contributed by atoms with Gasteiger partial charge in [-0.3, -0.25) is 0 Å². The van der Waals surface area contributed by atoms with Crippen LogP contribution >= 0.6 is 23.8 Å². The molecule has 0 fully saturated rings. The summed E-state index contributed by atoms with van der Waals surface area (Å²) in [5.41, 5.74) is 2.94. The first-order chi connectivity index (χ1) is 13.7. The van der Waals surface area contributed by atoms with E-state index in [1.807, 2.05) is 6.92 Å². The third-order valence-electron chi connectivity index (χ3n) is 4.65. The fraction of sp³-hybridized carbons (Fsp3) is 0.364. The van der Waals surface area contributed by atoms with Gasteiger partial charge < -0.3 is 20.1 Å². The van der Waals surface area contributed by atoms with Crippen LogP contribution in [0.4, 0.5) is 5.69 Å². The number of anilines is 1. The second kappa shape index (κ2) is 8.59. The molecule has 2 aromatic rings. The van der Waals surface area contributed by atoms with Crippen LogP contribution in [0, 0.1) is 6.92 Å². The zero-order chi connectivity index (χ0) is 21.2. The first-order valence-electron chi connectivity index (χ1n) is 9.52. The molecule has 2 aromatic carbocycles. The number of carbonyl (C=O) groups is 1. The Bertz CT molecular complexity index is 946. The Labute approximate surface area is 181 Å². The number of rotatable bonds is 4. The largest absolute Gasteiger partial charge is 0.487 e. The minimum atomic E-state index is -0.443. The quantitative estimate of drug-likeness (QED) is 0.497. The summed E-state index contributed by atoms with van der Waals surface area (Å²) in [4.78, 5) is 11.9. The Kier molecular flexibility index (Phi) is 6.34. The van der Waals surface area contributed by atoms with Crippen LogP contribution in [-0.2, 0) is 4.74 Å². The molecule has 154 valence electrons. The number of hydrogen-bond donors (Lipinski definition) is 2. The predicted octanol–water partition coefficient (Wildman–Crippen LogP) is 5.41. The lowest BCUT2D eigenvalue weighted by Gasteiger charge is -2.38. The van der Waals surface area contributed by atoms with E-state index in [9.17, 15) is 4.79 Å². The fourth-order valence-corrected chi connectivity index (χ4v) is 3.90. The Balaban J connectivity index is 1.73. The van der Waals surface area contributed by atoms with Crippen molar-refractivity contribution < 1.29 is 14.3 Å². The highest BCUT2D eigenvalue weighted by Gasteiger charge is 2.34. The molecule has 1 atom stereocenters. The maximum absolute atomic E-state index is 11.9. The minimum Gasteiger partial charge on any atom is -0.487 e. The van der Waals surface area contributed by atoms with Crippen molar-refractivity contribution in [3.05, 3.63) is 58.1 Å². The summed E-state index contributed by atoms with van der Waals surface area (Å²) < 4.78 is 11.1. The van der Waals surface area contributed by atoms with Crippen LogP contribution < -0.4 is 15.4 Å². The molecule has 0 aromatic heterocycles. The first kappa shape index (κ1) is 21.4. The molecule has 29 heavy (non-hydrogen) atoms. The molecule has 1 aliphatic rings. The van der Waals surface area contributed by atoms with E-state index in [1.165, 1.54) is 0 Å². The number of esters is 1. The molecule has 0 aliphatic carbocycles. The van der Waals surface area contributed by atoms with Crippen molar-refractivity contribution in [3.63, 3.8) is 0 Å². The summed E-state index contributed by atoms with van der Waals surface area (Å²) in [5.74, 6) is 0.435. The molecule has 1 unspecified atom stereocenters. The van der Waals surface area contributed by atoms with Crippen LogP contribution in [0.25, 0.3) is 0 Å². The van der Waals surface area contributed by atoms with E-state index >= 15 is 0 Å². The number of halogens is 1. The van der Waals surface area contributed by atoms with Crippen molar-refractivity contribution in [2.75, 3.05) is 11.9 Å². The van der Waals surface area contributed by atoms with Gasteiger partial charge in [0.15, 0.2) is 5.11 Å². The SMILES string of the molecule is CCOC(=O)c1ccc(NC(=S)NC2CC(C)(C)Oc3cc(C)ccc32)cc1Cl. The molecule has 0 saturated carbocycles. The topological polar surface area (TPSA) is 59.6 Å². The molecular weight excluding hydrogens is 408 g/mol. The van der Waals surface area contributed by atoms with E-state index in [-0.39, 0.29) is 11.6 Å². The van der Waals surface area contributed by atoms with Gasteiger partial charge in [-0.15, -0.1) is 0 Å². The molecule has 5 nitrogen and oxygen atoms in total. The van der Waals surface area contributed by atoms with Crippen LogP contribution in [0.2, 0.25) is 5.02 Å². The van der Waals surface area contributed by atoms with Crippen molar-refractivity contribution in [2.24, 2.45) is 0 Å². The van der Waals surface area contributed by atoms with E-state index in [0.717, 1.165) is 23.3 Å². The highest BCUT2D eigenvalue weighted by atomic mass is 35.5. The Morgan fingerprint density at radius 2 is 2.07 bits per heavy atom. The lowest BCUT2D eigenvalue weighted by atomic mass is 9.89. The second-order valence-electron chi connectivity index (χ2n) is 7.67. The molecule has 7 heteroatoms. The van der Waals surface area contributed by atoms with E-state index in [2.05, 4.69) is 42.7 Å². The van der Waals surface area contributed by atoms with Gasteiger partial charge in [-0.1, -0.05) is 23.7 Å². The van der Waals surface area contributed by atoms with Gasteiger partial charge >= 0.3 is 5.97 Å². The first-order valence-corrected chi connectivity index (χ1v) is 10.3. The molecule has 1 heterocycles. The van der Waals surface area contributed by atoms with Gasteiger partial charge in [-0.2, -0.15) is 0 Å². The Morgan fingerprint density at radius 1 is 1.31 bits per heavy atom. The number of hydrogen-bond acceptors (Lipinski definition) is 4. The van der Waals surface area contributed by atoms with Crippen LogP contribution in [0.5, 0.6) is 5.75 Å². The van der Waals surface area contributed by atoms with E-state index in [4.69, 9.17) is 33.3 Å². The third-order valence-corrected chi connectivity index (χ3v) is 5.19. The molecule has 3 rings (SSSR count). The van der Waals surface area contributed by atoms with Crippen molar-refractivity contribution in [2.45, 2.75) is 45.8 Å². The highest BCUT2D eigenvalue weighted by Crippen LogP contribution is 2.40. The summed E-state index contributed by atoms with van der Waals surface area (Å²) in [5, 5.41) is 7.30. The molecular formula is C22H25ClN2O3S. The summed E-state index contributed by atoms with van der Waals surface area (Å²) in [7, 11) is 0. The molecule has 0 radical (unpaired) electrons. The van der Waals surface area contributed by atoms with Gasteiger partial charge in [0, 0.05) is 17.7 Å². The predicted molar refractivity (Wildman–Crippen MR) is 120 cm³/mol. The summed E-state index contributed by atoms with van der Waals surface area (Å²) in [6.07, 6.45) is 0.771. The molecule has 2 N–H and O–H groups in total. The van der Waals surface area contributed by atoms with Crippen LogP contribution in [0.15, 0.2) is 36.4 Å². The van der Waals surface area contributed by atoms with Crippen LogP contribution in [0.1, 0.15) is 54.7 Å². The van der Waals surface area contributed by atoms with Crippen molar-refractivity contribution >= 4 is 40.6 Å². The van der Waals surface area contributed by atoms with Gasteiger partial charge in [-0.05, 0) is 69.7 Å². The average Bonchev–Trinajstić information content (AvgIpc) is 2.60. The van der Waals surface area contributed by atoms with Gasteiger partial charge in [0.25, 0.3) is 0 Å². The van der Waals surface area contributed by atoms with Crippen LogP contribution in [0.3, 0.4) is 0 Å². The van der Waals surface area contributed by atoms with Gasteiger partial charge in [0.1, 0.15) is 11.4 Å². The van der Waals surface area contributed by atoms with Gasteiger partial charge in [0.2, 0.25) is 0 Å². The van der Waals surface area contributed by atoms with E-state index in [0.29, 0.717) is 28.0 Å². The zero-order valence-corrected chi connectivity index (χ0v) is 18.5. The number of carbonyl (C=O) groups excluding carboxylic acids is 1. The van der Waals surface area contributed by atoms with Gasteiger partial charge in [-0.25, -0.2) is 4.79 Å². The highest BCUT2D eigenvalue weighted by molar-refractivity contribution is 7.80. The third kappa shape index (κ3) is 5.19. The normalized spacial score (nSPS) is 16.9. The molecule has 0 bridgehead atoms. The monoisotopic (exact) mass is 432 g/mol. The van der Waals surface area contributed by atoms with E-state index < -0.39 is 5.97 Å². The molecule has 1 aliphatic heterocycles. The second-order valence-corrected chi connectivity index (χ2v) is 8.49. The number of ether oxygens (including phenoxy) is 2. The Morgan fingerprint density at radius 3 is 2.76 bits per heavy atom. The molecule has 0 spiro atoms. The van der Waals surface area contributed by atoms with Gasteiger partial charge in [0.05, 0.1) is 23.2 Å². The standard InChI is InChI=1S/C22H25ClN2O3S/c1-5-27-20(26)15-9-7-14(11-17(15)23)24-21(29)25-18-12-22(3,4)28-19-10-13(2)6-8-16(18)19/h6-11,18H,5,12H2,1-4H3,(H2,24,25,29). The number of aryl methyl sites for hydroxylation is 1. The van der Waals surface area contributed by atoms with Crippen molar-refractivity contribution in [3.8, 4) is 5.75 Å². The smallest absolute Gasteiger partial charge is 0.339 e. The number of benzene rings is 2. The molecule has 0 amide bonds. The van der Waals surface area contributed by atoms with Crippen molar-refractivity contribution in [1.82, 2.24) is 5.32 Å². The maximum atomic E-state index is 11.9. The number of nitrogens with one attached hydrogen (secondary N) is 2. The van der Waals surface area contributed by atoms with E-state index in [1.54, 1.807) is 25.1 Å². The minimum absolute atomic E-state index is 0.0172. The zero-order valence-electron chi connectivity index (χ0n) is 17.0. The van der Waals surface area contributed by atoms with Crippen molar-refractivity contribution in [1.29, 1.82) is 0 Å². The number of thiocarbonyl (C=S) groups is 1. The van der Waals surface area contributed by atoms with Crippen LogP contribution in [-0.4, -0.2) is 23.3 Å². The maximum Gasteiger partial charge on any atom is 0.339 e. The lowest BCUT2D eigenvalue weighted by Crippen LogP contribution is -2.42. The summed E-state index contributed by atoms with van der Waals surface area (Å²) in [6.45, 7) is 8.23. The Hall–Kier alpha value is -2.31.